The second-order valence-electron chi connectivity index (χ2n) is 4.81. The zero-order chi connectivity index (χ0) is 16.3. The van der Waals surface area contributed by atoms with E-state index in [4.69, 9.17) is 5.73 Å². The zero-order valence-electron chi connectivity index (χ0n) is 11.4. The van der Waals surface area contributed by atoms with Crippen LogP contribution in [0.3, 0.4) is 0 Å². The smallest absolute Gasteiger partial charge is 0.232 e. The number of halogens is 2. The molecule has 2 aromatic carbocycles. The average molecular weight is 325 g/mol. The van der Waals surface area contributed by atoms with Crippen LogP contribution in [-0.4, -0.2) is 20.1 Å². The highest BCUT2D eigenvalue weighted by atomic mass is 32.2. The molecule has 0 aliphatic heterocycles. The molecule has 1 amide bonds. The highest BCUT2D eigenvalue weighted by Gasteiger charge is 2.18. The third-order valence-corrected chi connectivity index (χ3v) is 4.44. The summed E-state index contributed by atoms with van der Waals surface area (Å²) in [4.78, 5) is 10.7. The lowest BCUT2D eigenvalue weighted by Gasteiger charge is -2.07. The second-order valence-corrected chi connectivity index (χ2v) is 6.88. The van der Waals surface area contributed by atoms with Gasteiger partial charge in [-0.3, -0.25) is 4.79 Å². The van der Waals surface area contributed by atoms with Crippen LogP contribution in [0.5, 0.6) is 0 Å². The van der Waals surface area contributed by atoms with Gasteiger partial charge in [-0.15, -0.1) is 0 Å². The van der Waals surface area contributed by atoms with Gasteiger partial charge in [-0.2, -0.15) is 0 Å². The van der Waals surface area contributed by atoms with Gasteiger partial charge in [0.1, 0.15) is 17.4 Å². The fraction of sp³-hybridized carbons (Fsp3) is 0.133. The van der Waals surface area contributed by atoms with Gasteiger partial charge in [-0.05, 0) is 29.3 Å². The van der Waals surface area contributed by atoms with Crippen LogP contribution in [-0.2, 0) is 20.4 Å². The number of benzene rings is 2. The number of rotatable bonds is 5. The Kier molecular flexibility index (Phi) is 4.56. The van der Waals surface area contributed by atoms with E-state index >= 15 is 0 Å². The molecule has 4 nitrogen and oxygen atoms in total. The lowest BCUT2D eigenvalue weighted by molar-refractivity contribution is -0.115. The van der Waals surface area contributed by atoms with Gasteiger partial charge in [0.2, 0.25) is 5.91 Å². The predicted octanol–water partition coefficient (Wildman–Crippen LogP) is 2.03. The lowest BCUT2D eigenvalue weighted by Crippen LogP contribution is -2.24. The summed E-state index contributed by atoms with van der Waals surface area (Å²) in [5.74, 6) is -3.53. The van der Waals surface area contributed by atoms with Gasteiger partial charge in [-0.1, -0.05) is 24.3 Å². The van der Waals surface area contributed by atoms with Crippen molar-refractivity contribution >= 4 is 15.7 Å². The molecule has 7 heteroatoms. The Morgan fingerprint density at radius 1 is 1.00 bits per heavy atom. The molecule has 116 valence electrons. The summed E-state index contributed by atoms with van der Waals surface area (Å²) >= 11 is 0. The SMILES string of the molecule is NC(=O)CS(=O)(=O)Cc1ccc(-c2ccc(F)cc2)cc1F. The maximum Gasteiger partial charge on any atom is 0.232 e. The van der Waals surface area contributed by atoms with Crippen molar-refractivity contribution in [1.29, 1.82) is 0 Å². The van der Waals surface area contributed by atoms with E-state index in [0.717, 1.165) is 0 Å². The van der Waals surface area contributed by atoms with Gasteiger partial charge in [-0.25, -0.2) is 17.2 Å². The molecule has 2 rings (SSSR count). The van der Waals surface area contributed by atoms with Crippen molar-refractivity contribution in [2.75, 3.05) is 5.75 Å². The first-order chi connectivity index (χ1) is 10.3. The fourth-order valence-corrected chi connectivity index (χ4v) is 3.23. The molecule has 0 atom stereocenters. The van der Waals surface area contributed by atoms with Crippen LogP contribution >= 0.6 is 0 Å². The Morgan fingerprint density at radius 2 is 1.59 bits per heavy atom. The first-order valence-corrected chi connectivity index (χ1v) is 8.12. The van der Waals surface area contributed by atoms with Crippen LogP contribution in [0.2, 0.25) is 0 Å². The summed E-state index contributed by atoms with van der Waals surface area (Å²) in [5, 5.41) is 0. The molecule has 0 spiro atoms. The first kappa shape index (κ1) is 16.1. The van der Waals surface area contributed by atoms with Crippen molar-refractivity contribution in [3.05, 3.63) is 59.7 Å². The zero-order valence-corrected chi connectivity index (χ0v) is 12.2. The average Bonchev–Trinajstić information content (AvgIpc) is 2.40. The van der Waals surface area contributed by atoms with Crippen molar-refractivity contribution in [3.63, 3.8) is 0 Å². The molecule has 0 heterocycles. The quantitative estimate of drug-likeness (QED) is 0.914. The van der Waals surface area contributed by atoms with Crippen molar-refractivity contribution in [1.82, 2.24) is 0 Å². The minimum absolute atomic E-state index is 0.0490. The van der Waals surface area contributed by atoms with Crippen molar-refractivity contribution in [3.8, 4) is 11.1 Å². The second kappa shape index (κ2) is 6.23. The number of primary amides is 1. The molecule has 0 radical (unpaired) electrons. The number of hydrogen-bond acceptors (Lipinski definition) is 3. The number of hydrogen-bond donors (Lipinski definition) is 1. The Bertz CT molecular complexity index is 802. The van der Waals surface area contributed by atoms with Crippen LogP contribution in [0.15, 0.2) is 42.5 Å². The molecular weight excluding hydrogens is 312 g/mol. The maximum atomic E-state index is 14.0. The van der Waals surface area contributed by atoms with Crippen LogP contribution in [0.4, 0.5) is 8.78 Å². The molecule has 0 fully saturated rings. The van der Waals surface area contributed by atoms with Crippen molar-refractivity contribution < 1.29 is 22.0 Å². The summed E-state index contributed by atoms with van der Waals surface area (Å²) in [6.07, 6.45) is 0. The molecule has 2 aromatic rings. The fourth-order valence-electron chi connectivity index (χ4n) is 1.99. The van der Waals surface area contributed by atoms with Crippen LogP contribution in [0.25, 0.3) is 11.1 Å². The van der Waals surface area contributed by atoms with E-state index in [1.807, 2.05) is 0 Å². The predicted molar refractivity (Wildman–Crippen MR) is 78.5 cm³/mol. The van der Waals surface area contributed by atoms with Crippen molar-refractivity contribution in [2.45, 2.75) is 5.75 Å². The molecule has 0 aliphatic carbocycles. The summed E-state index contributed by atoms with van der Waals surface area (Å²) in [5.41, 5.74) is 5.89. The van der Waals surface area contributed by atoms with E-state index in [1.165, 1.54) is 42.5 Å². The largest absolute Gasteiger partial charge is 0.369 e. The molecule has 0 unspecified atom stereocenters. The number of amides is 1. The Morgan fingerprint density at radius 3 is 2.14 bits per heavy atom. The van der Waals surface area contributed by atoms with E-state index in [0.29, 0.717) is 11.1 Å². The van der Waals surface area contributed by atoms with Gasteiger partial charge in [0.05, 0.1) is 5.75 Å². The Hall–Kier alpha value is -2.28. The number of nitrogens with two attached hydrogens (primary N) is 1. The van der Waals surface area contributed by atoms with Gasteiger partial charge in [0.15, 0.2) is 9.84 Å². The normalized spacial score (nSPS) is 11.4. The van der Waals surface area contributed by atoms with Crippen LogP contribution in [0, 0.1) is 11.6 Å². The number of carbonyl (C=O) groups is 1. The number of sulfone groups is 1. The molecule has 22 heavy (non-hydrogen) atoms. The van der Waals surface area contributed by atoms with Gasteiger partial charge in [0, 0.05) is 5.56 Å². The molecule has 0 bridgehead atoms. The summed E-state index contributed by atoms with van der Waals surface area (Å²) in [6.45, 7) is 0. The standard InChI is InChI=1S/C15H13F2NO3S/c16-13-5-3-10(4-6-13)11-1-2-12(14(17)7-11)8-22(20,21)9-15(18)19/h1-7H,8-9H2,(H2,18,19). The monoisotopic (exact) mass is 325 g/mol. The van der Waals surface area contributed by atoms with Gasteiger partial charge < -0.3 is 5.73 Å². The van der Waals surface area contributed by atoms with Gasteiger partial charge in [0.25, 0.3) is 0 Å². The molecule has 0 aliphatic rings. The first-order valence-electron chi connectivity index (χ1n) is 6.30. The van der Waals surface area contributed by atoms with Gasteiger partial charge >= 0.3 is 0 Å². The molecule has 0 saturated carbocycles. The molecule has 0 aromatic heterocycles. The van der Waals surface area contributed by atoms with Crippen LogP contribution < -0.4 is 5.73 Å². The highest BCUT2D eigenvalue weighted by Crippen LogP contribution is 2.23. The Balaban J connectivity index is 2.27. The third kappa shape index (κ3) is 4.11. The van der Waals surface area contributed by atoms with Crippen molar-refractivity contribution in [2.24, 2.45) is 5.73 Å². The summed E-state index contributed by atoms with van der Waals surface area (Å²) < 4.78 is 50.2. The minimum atomic E-state index is -3.80. The van der Waals surface area contributed by atoms with E-state index in [2.05, 4.69) is 0 Å². The van der Waals surface area contributed by atoms with E-state index in [-0.39, 0.29) is 5.56 Å². The Labute approximate surface area is 126 Å². The van der Waals surface area contributed by atoms with Crippen LogP contribution in [0.1, 0.15) is 5.56 Å². The van der Waals surface area contributed by atoms with E-state index < -0.39 is 38.9 Å². The molecule has 0 saturated heterocycles. The number of carbonyl (C=O) groups excluding carboxylic acids is 1. The summed E-state index contributed by atoms with van der Waals surface area (Å²) in [7, 11) is -3.80. The lowest BCUT2D eigenvalue weighted by atomic mass is 10.0. The summed E-state index contributed by atoms with van der Waals surface area (Å²) in [6, 6.07) is 9.51. The third-order valence-electron chi connectivity index (χ3n) is 2.97. The minimum Gasteiger partial charge on any atom is -0.369 e. The van der Waals surface area contributed by atoms with E-state index in [1.54, 1.807) is 0 Å². The maximum absolute atomic E-state index is 14.0. The highest BCUT2D eigenvalue weighted by molar-refractivity contribution is 7.91. The molecular formula is C15H13F2NO3S. The van der Waals surface area contributed by atoms with E-state index in [9.17, 15) is 22.0 Å². The molecule has 2 N–H and O–H groups in total. The topological polar surface area (TPSA) is 77.2 Å².